The third kappa shape index (κ3) is 3.76. The van der Waals surface area contributed by atoms with Crippen molar-refractivity contribution in [2.24, 2.45) is 0 Å². The molecule has 3 heterocycles. The number of anilines is 1. The van der Waals surface area contributed by atoms with Crippen molar-refractivity contribution in [1.82, 2.24) is 15.1 Å². The van der Waals surface area contributed by atoms with Gasteiger partial charge in [0.25, 0.3) is 5.91 Å². The SMILES string of the molecule is COc1ccc(CCNC(=S)N2CC3CC2C2C(=O)N(c4cccc5ccccc45)C(=O)N32)cc1OC. The second-order valence-electron chi connectivity index (χ2n) is 9.59. The van der Waals surface area contributed by atoms with Gasteiger partial charge in [0.2, 0.25) is 0 Å². The van der Waals surface area contributed by atoms with E-state index in [0.29, 0.717) is 35.4 Å². The Hall–Kier alpha value is -3.85. The largest absolute Gasteiger partial charge is 0.493 e. The first-order valence-electron chi connectivity index (χ1n) is 12.4. The molecule has 0 saturated carbocycles. The highest BCUT2D eigenvalue weighted by Crippen LogP contribution is 2.43. The normalized spacial score (nSPS) is 22.1. The van der Waals surface area contributed by atoms with E-state index in [-0.39, 0.29) is 24.0 Å². The Morgan fingerprint density at radius 1 is 1.03 bits per heavy atom. The summed E-state index contributed by atoms with van der Waals surface area (Å²) >= 11 is 5.74. The van der Waals surface area contributed by atoms with Crippen LogP contribution in [0.1, 0.15) is 12.0 Å². The standard InChI is InChI=1S/C28H28N4O4S/c1-35-23-11-10-17(14-24(23)36-2)12-13-29-27(37)30-16-19-15-22(30)25-26(33)32(28(34)31(19)25)21-9-5-7-18-6-3-4-8-20(18)21/h3-11,14,19,22,25H,12-13,15-16H2,1-2H3,(H,29,37). The van der Waals surface area contributed by atoms with Gasteiger partial charge in [-0.1, -0.05) is 42.5 Å². The van der Waals surface area contributed by atoms with Crippen molar-refractivity contribution < 1.29 is 19.1 Å². The van der Waals surface area contributed by atoms with Crippen LogP contribution in [0.25, 0.3) is 10.8 Å². The lowest BCUT2D eigenvalue weighted by Crippen LogP contribution is -2.57. The van der Waals surface area contributed by atoms with Gasteiger partial charge >= 0.3 is 6.03 Å². The Balaban J connectivity index is 1.15. The summed E-state index contributed by atoms with van der Waals surface area (Å²) in [7, 11) is 3.24. The minimum atomic E-state index is -0.518. The quantitative estimate of drug-likeness (QED) is 0.397. The number of carbonyl (C=O) groups is 2. The number of fused-ring (bicyclic) bond motifs is 6. The second kappa shape index (κ2) is 9.23. The number of rotatable bonds is 6. The lowest BCUT2D eigenvalue weighted by molar-refractivity contribution is -0.120. The fraction of sp³-hybridized carbons (Fsp3) is 0.321. The molecule has 0 spiro atoms. The van der Waals surface area contributed by atoms with Gasteiger partial charge in [-0.05, 0) is 54.2 Å². The molecule has 3 aromatic rings. The van der Waals surface area contributed by atoms with Gasteiger partial charge in [0.05, 0.1) is 32.0 Å². The molecular formula is C28H28N4O4S. The van der Waals surface area contributed by atoms with E-state index in [1.165, 1.54) is 4.90 Å². The maximum atomic E-state index is 13.7. The Morgan fingerprint density at radius 3 is 2.62 bits per heavy atom. The maximum absolute atomic E-state index is 13.7. The number of hydrogen-bond donors (Lipinski definition) is 1. The number of methoxy groups -OCH3 is 2. The Kier molecular flexibility index (Phi) is 5.87. The molecule has 3 aliphatic rings. The number of urea groups is 1. The van der Waals surface area contributed by atoms with Crippen molar-refractivity contribution in [3.8, 4) is 11.5 Å². The van der Waals surface area contributed by atoms with Crippen LogP contribution in [0, 0.1) is 0 Å². The zero-order valence-corrected chi connectivity index (χ0v) is 21.5. The number of amides is 3. The summed E-state index contributed by atoms with van der Waals surface area (Å²) in [6.07, 6.45) is 1.51. The molecule has 3 atom stereocenters. The molecule has 1 N–H and O–H groups in total. The van der Waals surface area contributed by atoms with E-state index in [2.05, 4.69) is 10.2 Å². The molecular weight excluding hydrogens is 488 g/mol. The van der Waals surface area contributed by atoms with Crippen LogP contribution in [-0.4, -0.2) is 72.3 Å². The molecule has 0 radical (unpaired) electrons. The van der Waals surface area contributed by atoms with E-state index >= 15 is 0 Å². The maximum Gasteiger partial charge on any atom is 0.332 e. The van der Waals surface area contributed by atoms with Crippen molar-refractivity contribution in [2.45, 2.75) is 31.0 Å². The van der Waals surface area contributed by atoms with Crippen LogP contribution < -0.4 is 19.7 Å². The van der Waals surface area contributed by atoms with E-state index < -0.39 is 6.04 Å². The van der Waals surface area contributed by atoms with Crippen molar-refractivity contribution in [2.75, 3.05) is 32.2 Å². The number of nitrogens with zero attached hydrogens (tertiary/aromatic N) is 3. The number of likely N-dealkylation sites (tertiary alicyclic amines) is 1. The average Bonchev–Trinajstić information content (AvgIpc) is 3.59. The van der Waals surface area contributed by atoms with Gasteiger partial charge in [0, 0.05) is 18.5 Å². The summed E-state index contributed by atoms with van der Waals surface area (Å²) in [5, 5.41) is 5.87. The second-order valence-corrected chi connectivity index (χ2v) is 9.97. The third-order valence-corrected chi connectivity index (χ3v) is 8.05. The van der Waals surface area contributed by atoms with E-state index in [1.807, 2.05) is 60.7 Å². The number of ether oxygens (including phenoxy) is 2. The van der Waals surface area contributed by atoms with Gasteiger partial charge in [-0.15, -0.1) is 0 Å². The van der Waals surface area contributed by atoms with E-state index in [0.717, 1.165) is 29.2 Å². The van der Waals surface area contributed by atoms with Gasteiger partial charge in [0.1, 0.15) is 6.04 Å². The monoisotopic (exact) mass is 516 g/mol. The lowest BCUT2D eigenvalue weighted by atomic mass is 10.1. The molecule has 9 heteroatoms. The number of piperazine rings is 1. The number of benzene rings is 3. The minimum absolute atomic E-state index is 0.0305. The van der Waals surface area contributed by atoms with Crippen LogP contribution in [0.15, 0.2) is 60.7 Å². The van der Waals surface area contributed by atoms with Crippen molar-refractivity contribution >= 4 is 45.7 Å². The first kappa shape index (κ1) is 23.5. The van der Waals surface area contributed by atoms with Crippen LogP contribution in [0.4, 0.5) is 10.5 Å². The van der Waals surface area contributed by atoms with E-state index in [4.69, 9.17) is 21.7 Å². The summed E-state index contributed by atoms with van der Waals surface area (Å²) in [4.78, 5) is 32.4. The highest BCUT2D eigenvalue weighted by atomic mass is 32.1. The predicted molar refractivity (Wildman–Crippen MR) is 145 cm³/mol. The number of hydrogen-bond acceptors (Lipinski definition) is 5. The third-order valence-electron chi connectivity index (χ3n) is 7.67. The molecule has 190 valence electrons. The number of thiocarbonyl (C=S) groups is 1. The highest BCUT2D eigenvalue weighted by molar-refractivity contribution is 7.80. The molecule has 6 rings (SSSR count). The first-order chi connectivity index (χ1) is 18.0. The summed E-state index contributed by atoms with van der Waals surface area (Å²) in [5.74, 6) is 1.21. The lowest BCUT2D eigenvalue weighted by Gasteiger charge is -2.36. The minimum Gasteiger partial charge on any atom is -0.493 e. The predicted octanol–water partition coefficient (Wildman–Crippen LogP) is 3.57. The highest BCUT2D eigenvalue weighted by Gasteiger charge is 2.62. The van der Waals surface area contributed by atoms with Gasteiger partial charge < -0.3 is 24.6 Å². The fourth-order valence-electron chi connectivity index (χ4n) is 5.97. The summed E-state index contributed by atoms with van der Waals surface area (Å²) in [6.45, 7) is 1.28. The zero-order valence-electron chi connectivity index (χ0n) is 20.7. The molecule has 3 aliphatic heterocycles. The Morgan fingerprint density at radius 2 is 1.81 bits per heavy atom. The smallest absolute Gasteiger partial charge is 0.332 e. The summed E-state index contributed by atoms with van der Waals surface area (Å²) in [6, 6.07) is 18.5. The molecule has 2 bridgehead atoms. The average molecular weight is 517 g/mol. The van der Waals surface area contributed by atoms with Crippen molar-refractivity contribution in [3.05, 3.63) is 66.2 Å². The first-order valence-corrected chi connectivity index (χ1v) is 12.8. The molecule has 0 aromatic heterocycles. The van der Waals surface area contributed by atoms with Crippen LogP contribution >= 0.6 is 12.2 Å². The van der Waals surface area contributed by atoms with Crippen LogP contribution in [-0.2, 0) is 11.2 Å². The van der Waals surface area contributed by atoms with Crippen LogP contribution in [0.2, 0.25) is 0 Å². The Labute approximate surface area is 220 Å². The van der Waals surface area contributed by atoms with Crippen molar-refractivity contribution in [1.29, 1.82) is 0 Å². The Bertz CT molecular complexity index is 1410. The van der Waals surface area contributed by atoms with Crippen LogP contribution in [0.5, 0.6) is 11.5 Å². The molecule has 3 amide bonds. The van der Waals surface area contributed by atoms with Crippen molar-refractivity contribution in [3.63, 3.8) is 0 Å². The van der Waals surface area contributed by atoms with Gasteiger partial charge in [-0.3, -0.25) is 4.79 Å². The molecule has 3 unspecified atom stereocenters. The molecule has 8 nitrogen and oxygen atoms in total. The van der Waals surface area contributed by atoms with E-state index in [9.17, 15) is 9.59 Å². The molecule has 3 aromatic carbocycles. The van der Waals surface area contributed by atoms with Crippen LogP contribution in [0.3, 0.4) is 0 Å². The summed E-state index contributed by atoms with van der Waals surface area (Å²) in [5.41, 5.74) is 1.74. The summed E-state index contributed by atoms with van der Waals surface area (Å²) < 4.78 is 10.7. The van der Waals surface area contributed by atoms with Gasteiger partial charge in [-0.25, -0.2) is 9.69 Å². The molecule has 3 saturated heterocycles. The topological polar surface area (TPSA) is 74.4 Å². The number of carbonyl (C=O) groups excluding carboxylic acids is 2. The van der Waals surface area contributed by atoms with Gasteiger partial charge in [-0.2, -0.15) is 0 Å². The molecule has 37 heavy (non-hydrogen) atoms. The van der Waals surface area contributed by atoms with Gasteiger partial charge in [0.15, 0.2) is 16.6 Å². The zero-order chi connectivity index (χ0) is 25.7. The fourth-order valence-corrected chi connectivity index (χ4v) is 6.28. The molecule has 0 aliphatic carbocycles. The van der Waals surface area contributed by atoms with E-state index in [1.54, 1.807) is 19.1 Å². The number of imide groups is 1. The number of nitrogens with one attached hydrogen (secondary N) is 1. The molecule has 3 fully saturated rings.